The Morgan fingerprint density at radius 3 is 2.55 bits per heavy atom. The van der Waals surface area contributed by atoms with Gasteiger partial charge in [-0.15, -0.1) is 0 Å². The van der Waals surface area contributed by atoms with E-state index in [2.05, 4.69) is 10.0 Å². The molecule has 1 aliphatic rings. The number of nitrogens with zero attached hydrogens (tertiary/aromatic N) is 1. The van der Waals surface area contributed by atoms with E-state index in [1.807, 2.05) is 20.8 Å². The molecule has 1 saturated carbocycles. The molecule has 1 aromatic carbocycles. The average molecular weight is 484 g/mol. The highest BCUT2D eigenvalue weighted by Gasteiger charge is 2.47. The summed E-state index contributed by atoms with van der Waals surface area (Å²) in [5, 5.41) is 2.07. The summed E-state index contributed by atoms with van der Waals surface area (Å²) in [6.45, 7) is 8.74. The van der Waals surface area contributed by atoms with Gasteiger partial charge in [-0.25, -0.2) is 22.3 Å². The van der Waals surface area contributed by atoms with Crippen LogP contribution >= 0.6 is 0 Å². The van der Waals surface area contributed by atoms with E-state index < -0.39 is 27.4 Å². The Balaban J connectivity index is 1.95. The number of urea groups is 1. The second-order valence-electron chi connectivity index (χ2n) is 9.36. The molecule has 0 aliphatic heterocycles. The zero-order chi connectivity index (χ0) is 24.7. The Morgan fingerprint density at radius 2 is 1.97 bits per heavy atom. The zero-order valence-electron chi connectivity index (χ0n) is 19.7. The molecule has 0 saturated heterocycles. The van der Waals surface area contributed by atoms with E-state index in [0.717, 1.165) is 0 Å². The average Bonchev–Trinajstić information content (AvgIpc) is 3.49. The van der Waals surface area contributed by atoms with E-state index >= 15 is 0 Å². The van der Waals surface area contributed by atoms with Gasteiger partial charge in [-0.1, -0.05) is 39.0 Å². The number of sulfonamides is 1. The summed E-state index contributed by atoms with van der Waals surface area (Å²) in [5.41, 5.74) is -0.185. The van der Waals surface area contributed by atoms with Crippen LogP contribution in [0.25, 0.3) is 0 Å². The van der Waals surface area contributed by atoms with Gasteiger partial charge in [-0.2, -0.15) is 0 Å². The molecule has 1 aromatic rings. The Kier molecular flexibility index (Phi) is 9.02. The van der Waals surface area contributed by atoms with E-state index in [1.54, 1.807) is 31.2 Å². The van der Waals surface area contributed by atoms with Crippen LogP contribution in [-0.2, 0) is 20.4 Å². The minimum absolute atomic E-state index is 0.119. The van der Waals surface area contributed by atoms with Crippen molar-refractivity contribution in [2.75, 3.05) is 25.4 Å². The predicted octanol–water partition coefficient (Wildman–Crippen LogP) is 3.29. The Morgan fingerprint density at radius 1 is 1.27 bits per heavy atom. The maximum absolute atomic E-state index is 14.2. The van der Waals surface area contributed by atoms with Gasteiger partial charge in [-0.3, -0.25) is 10.1 Å². The van der Waals surface area contributed by atoms with Crippen LogP contribution in [0, 0.1) is 11.2 Å². The fourth-order valence-corrected chi connectivity index (χ4v) is 4.64. The maximum atomic E-state index is 14.2. The van der Waals surface area contributed by atoms with Crippen molar-refractivity contribution in [2.24, 2.45) is 5.41 Å². The van der Waals surface area contributed by atoms with Gasteiger partial charge in [0.15, 0.2) is 11.6 Å². The van der Waals surface area contributed by atoms with Gasteiger partial charge < -0.3 is 9.64 Å². The summed E-state index contributed by atoms with van der Waals surface area (Å²) in [6, 6.07) is 3.98. The molecule has 0 atom stereocenters. The van der Waals surface area contributed by atoms with Gasteiger partial charge in [0, 0.05) is 13.1 Å². The molecule has 0 radical (unpaired) electrons. The number of hydrogen-bond acceptors (Lipinski definition) is 5. The monoisotopic (exact) mass is 483 g/mol. The van der Waals surface area contributed by atoms with Crippen LogP contribution in [0.2, 0.25) is 0 Å². The zero-order valence-corrected chi connectivity index (χ0v) is 20.5. The molecule has 0 unspecified atom stereocenters. The van der Waals surface area contributed by atoms with Crippen molar-refractivity contribution in [1.29, 1.82) is 0 Å². The number of carbonyl (C=O) groups excluding carboxylic acids is 2. The minimum Gasteiger partial charge on any atom is -0.490 e. The summed E-state index contributed by atoms with van der Waals surface area (Å²) >= 11 is 0. The highest BCUT2D eigenvalue weighted by atomic mass is 32.2. The molecule has 2 rings (SSSR count). The molecule has 2 N–H and O–H groups in total. The van der Waals surface area contributed by atoms with Gasteiger partial charge in [0.25, 0.3) is 0 Å². The van der Waals surface area contributed by atoms with E-state index in [-0.39, 0.29) is 29.9 Å². The molecule has 8 nitrogen and oxygen atoms in total. The van der Waals surface area contributed by atoms with E-state index in [0.29, 0.717) is 38.0 Å². The normalized spacial score (nSPS) is 15.3. The first-order valence-corrected chi connectivity index (χ1v) is 12.7. The topological polar surface area (TPSA) is 105 Å². The lowest BCUT2D eigenvalue weighted by Crippen LogP contribution is -2.39. The fraction of sp³-hybridized carbons (Fsp3) is 0.565. The molecular weight excluding hydrogens is 449 g/mol. The number of nitrogens with one attached hydrogen (secondary N) is 2. The van der Waals surface area contributed by atoms with Crippen molar-refractivity contribution in [3.8, 4) is 5.75 Å². The highest BCUT2D eigenvalue weighted by molar-refractivity contribution is 7.89. The smallest absolute Gasteiger partial charge is 0.324 e. The summed E-state index contributed by atoms with van der Waals surface area (Å²) in [7, 11) is -3.59. The first-order chi connectivity index (χ1) is 15.4. The van der Waals surface area contributed by atoms with Gasteiger partial charge in [0.2, 0.25) is 16.4 Å². The number of rotatable bonds is 12. The molecule has 0 spiro atoms. The van der Waals surface area contributed by atoms with Gasteiger partial charge in [-0.05, 0) is 49.3 Å². The minimum atomic E-state index is -3.59. The number of ether oxygens (including phenoxy) is 1. The molecule has 0 bridgehead atoms. The molecule has 1 aliphatic carbocycles. The third-order valence-electron chi connectivity index (χ3n) is 5.14. The summed E-state index contributed by atoms with van der Waals surface area (Å²) in [6.07, 6.45) is 5.22. The van der Waals surface area contributed by atoms with Crippen molar-refractivity contribution in [3.63, 3.8) is 0 Å². The van der Waals surface area contributed by atoms with Crippen LogP contribution < -0.4 is 14.8 Å². The van der Waals surface area contributed by atoms with Crippen LogP contribution in [0.15, 0.2) is 30.4 Å². The highest BCUT2D eigenvalue weighted by Crippen LogP contribution is 2.47. The van der Waals surface area contributed by atoms with Gasteiger partial charge >= 0.3 is 6.03 Å². The van der Waals surface area contributed by atoms with Crippen molar-refractivity contribution >= 4 is 22.5 Å². The van der Waals surface area contributed by atoms with Crippen LogP contribution in [0.5, 0.6) is 5.75 Å². The largest absolute Gasteiger partial charge is 0.490 e. The van der Waals surface area contributed by atoms with Crippen molar-refractivity contribution in [3.05, 3.63) is 41.7 Å². The van der Waals surface area contributed by atoms with E-state index in [1.165, 1.54) is 11.0 Å². The molecule has 184 valence electrons. The molecule has 3 amide bonds. The van der Waals surface area contributed by atoms with E-state index in [9.17, 15) is 22.4 Å². The van der Waals surface area contributed by atoms with Crippen molar-refractivity contribution in [1.82, 2.24) is 14.9 Å². The number of likely N-dealkylation sites (N-methyl/N-ethyl adjacent to an activating group) is 1. The lowest BCUT2D eigenvalue weighted by Gasteiger charge is -2.21. The van der Waals surface area contributed by atoms with Crippen molar-refractivity contribution in [2.45, 2.75) is 52.5 Å². The first-order valence-electron chi connectivity index (χ1n) is 11.0. The summed E-state index contributed by atoms with van der Waals surface area (Å²) < 4.78 is 47.9. The van der Waals surface area contributed by atoms with Gasteiger partial charge in [0.1, 0.15) is 0 Å². The Bertz CT molecular complexity index is 969. The Hall–Kier alpha value is -2.46. The van der Waals surface area contributed by atoms with Crippen molar-refractivity contribution < 1.29 is 27.1 Å². The molecule has 0 aromatic heterocycles. The number of hydrogen-bond donors (Lipinski definition) is 2. The molecule has 33 heavy (non-hydrogen) atoms. The predicted molar refractivity (Wildman–Crippen MR) is 125 cm³/mol. The fourth-order valence-electron chi connectivity index (χ4n) is 3.17. The molecule has 0 heterocycles. The van der Waals surface area contributed by atoms with E-state index in [4.69, 9.17) is 4.74 Å². The number of amides is 3. The summed E-state index contributed by atoms with van der Waals surface area (Å²) in [5.74, 6) is -0.475. The second kappa shape index (κ2) is 11.1. The van der Waals surface area contributed by atoms with Crippen LogP contribution in [0.1, 0.15) is 52.5 Å². The third-order valence-corrected chi connectivity index (χ3v) is 6.62. The standard InChI is InChI=1S/C23H34FN3O5S/c1-5-27(21(29)25-17-28)13-7-6-8-14-33(30,31)26-23(11-12-23)18-9-10-19(24)20(15-18)32-16-22(2,3)4/h6-7,9-10,15,17,26H,5,8,11-14,16H2,1-4H3,(H,25,28,29)/b7-6+. The molecule has 10 heteroatoms. The van der Waals surface area contributed by atoms with Crippen LogP contribution in [0.4, 0.5) is 9.18 Å². The molecular formula is C23H34FN3O5S. The number of halogens is 1. The van der Waals surface area contributed by atoms with Crippen LogP contribution in [-0.4, -0.2) is 51.2 Å². The quantitative estimate of drug-likeness (QED) is 0.351. The summed E-state index contributed by atoms with van der Waals surface area (Å²) in [4.78, 5) is 23.4. The number of carbonyl (C=O) groups is 2. The number of imide groups is 1. The lowest BCUT2D eigenvalue weighted by atomic mass is 9.98. The third kappa shape index (κ3) is 8.43. The SMILES string of the molecule is CCN(C/C=C/CCS(=O)(=O)NC1(c2ccc(F)c(OCC(C)(C)C)c2)CC1)C(=O)NC=O. The number of benzene rings is 1. The van der Waals surface area contributed by atoms with Crippen LogP contribution in [0.3, 0.4) is 0 Å². The maximum Gasteiger partial charge on any atom is 0.324 e. The second-order valence-corrected chi connectivity index (χ2v) is 11.2. The Labute approximate surface area is 195 Å². The molecule has 1 fully saturated rings. The lowest BCUT2D eigenvalue weighted by molar-refractivity contribution is -0.108. The number of allylic oxidation sites excluding steroid dienone is 1. The first kappa shape index (κ1) is 26.8. The van der Waals surface area contributed by atoms with Gasteiger partial charge in [0.05, 0.1) is 17.9 Å².